The molecule has 6 nitrogen and oxygen atoms in total. The molecule has 0 atom stereocenters. The van der Waals surface area contributed by atoms with Crippen molar-refractivity contribution in [3.05, 3.63) is 39.0 Å². The molecule has 0 aliphatic heterocycles. The number of halogens is 2. The van der Waals surface area contributed by atoms with Gasteiger partial charge in [0.1, 0.15) is 0 Å². The van der Waals surface area contributed by atoms with Crippen LogP contribution in [-0.2, 0) is 13.1 Å². The number of aliphatic imine (C=N–C) groups is 1. The zero-order chi connectivity index (χ0) is 19.1. The van der Waals surface area contributed by atoms with Crippen LogP contribution < -0.4 is 14.8 Å². The Morgan fingerprint density at radius 1 is 1.26 bits per heavy atom. The molecule has 1 aromatic carbocycles. The van der Waals surface area contributed by atoms with Crippen molar-refractivity contribution < 1.29 is 14.6 Å². The molecule has 0 radical (unpaired) electrons. The van der Waals surface area contributed by atoms with E-state index in [1.807, 2.05) is 31.0 Å². The van der Waals surface area contributed by atoms with Gasteiger partial charge in [0.2, 0.25) is 5.75 Å². The summed E-state index contributed by atoms with van der Waals surface area (Å²) in [6.07, 6.45) is 0. The van der Waals surface area contributed by atoms with Gasteiger partial charge in [0.15, 0.2) is 17.5 Å². The van der Waals surface area contributed by atoms with Crippen LogP contribution >= 0.6 is 46.9 Å². The Hall–Kier alpha value is -1.39. The van der Waals surface area contributed by atoms with E-state index in [1.165, 1.54) is 14.2 Å². The number of rotatable bonds is 7. The molecule has 9 heteroatoms. The van der Waals surface area contributed by atoms with Crippen LogP contribution in [0.1, 0.15) is 17.4 Å². The van der Waals surface area contributed by atoms with E-state index in [-0.39, 0.29) is 29.7 Å². The third-order valence-corrected chi connectivity index (χ3v) is 4.89. The predicted molar refractivity (Wildman–Crippen MR) is 122 cm³/mol. The number of aromatic hydroxyl groups is 1. The minimum absolute atomic E-state index is 0. The second kappa shape index (κ2) is 11.5. The highest BCUT2D eigenvalue weighted by molar-refractivity contribution is 14.0. The van der Waals surface area contributed by atoms with Crippen LogP contribution in [0.4, 0.5) is 0 Å². The van der Waals surface area contributed by atoms with Crippen molar-refractivity contribution in [3.8, 4) is 17.2 Å². The summed E-state index contributed by atoms with van der Waals surface area (Å²) in [5, 5.41) is 13.3. The number of methoxy groups -OCH3 is 2. The number of phenolic OH excluding ortho intramolecular Hbond substituents is 1. The van der Waals surface area contributed by atoms with Crippen LogP contribution in [0, 0.1) is 0 Å². The molecule has 150 valence electrons. The summed E-state index contributed by atoms with van der Waals surface area (Å²) in [7, 11) is 4.99. The Morgan fingerprint density at radius 3 is 2.37 bits per heavy atom. The number of nitrogens with zero attached hydrogens (tertiary/aromatic N) is 2. The molecule has 1 heterocycles. The third-order valence-electron chi connectivity index (χ3n) is 3.67. The van der Waals surface area contributed by atoms with Crippen molar-refractivity contribution in [2.45, 2.75) is 20.0 Å². The molecule has 2 N–H and O–H groups in total. The van der Waals surface area contributed by atoms with Crippen LogP contribution in [0.5, 0.6) is 17.2 Å². The van der Waals surface area contributed by atoms with Crippen LogP contribution in [-0.4, -0.2) is 43.8 Å². The van der Waals surface area contributed by atoms with E-state index in [9.17, 15) is 5.11 Å². The fraction of sp³-hybridized carbons (Fsp3) is 0.389. The van der Waals surface area contributed by atoms with Crippen molar-refractivity contribution >= 4 is 52.9 Å². The second-order valence-corrected chi connectivity index (χ2v) is 7.38. The molecule has 0 saturated carbocycles. The minimum Gasteiger partial charge on any atom is -0.502 e. The first-order valence-corrected chi connectivity index (χ1v) is 9.35. The highest BCUT2D eigenvalue weighted by Crippen LogP contribution is 2.37. The summed E-state index contributed by atoms with van der Waals surface area (Å²) < 4.78 is 11.2. The highest BCUT2D eigenvalue weighted by atomic mass is 127. The zero-order valence-corrected chi connectivity index (χ0v) is 19.7. The Balaban J connectivity index is 0.00000364. The van der Waals surface area contributed by atoms with E-state index in [4.69, 9.17) is 21.1 Å². The number of benzene rings is 1. The van der Waals surface area contributed by atoms with Gasteiger partial charge in [0.05, 0.1) is 31.6 Å². The van der Waals surface area contributed by atoms with E-state index in [0.29, 0.717) is 24.6 Å². The number of phenols is 1. The average molecular weight is 526 g/mol. The highest BCUT2D eigenvalue weighted by Gasteiger charge is 2.12. The molecule has 0 fully saturated rings. The maximum absolute atomic E-state index is 10.0. The summed E-state index contributed by atoms with van der Waals surface area (Å²) in [6.45, 7) is 3.92. The van der Waals surface area contributed by atoms with Crippen LogP contribution in [0.25, 0.3) is 0 Å². The van der Waals surface area contributed by atoms with Crippen molar-refractivity contribution in [2.75, 3.05) is 27.8 Å². The molecular weight excluding hydrogens is 501 g/mol. The van der Waals surface area contributed by atoms with Gasteiger partial charge in [0, 0.05) is 18.5 Å². The Bertz CT molecular complexity index is 745. The van der Waals surface area contributed by atoms with Gasteiger partial charge >= 0.3 is 0 Å². The predicted octanol–water partition coefficient (Wildman–Crippen LogP) is 4.34. The minimum atomic E-state index is -0.0127. The lowest BCUT2D eigenvalue weighted by molar-refractivity contribution is 0.339. The van der Waals surface area contributed by atoms with Gasteiger partial charge in [-0.25, -0.2) is 4.99 Å². The summed E-state index contributed by atoms with van der Waals surface area (Å²) in [4.78, 5) is 7.88. The lowest BCUT2D eigenvalue weighted by Gasteiger charge is -2.21. The molecular formula is C18H25ClIN3O3S. The topological polar surface area (TPSA) is 66.3 Å². The summed E-state index contributed by atoms with van der Waals surface area (Å²) in [5.41, 5.74) is 0.875. The SMILES string of the molecule is CCNC(=NCc1cc(OC)c(O)c(OC)c1)N(C)Cc1ccc(Cl)s1.I. The fourth-order valence-corrected chi connectivity index (χ4v) is 3.56. The van der Waals surface area contributed by atoms with Crippen molar-refractivity contribution in [3.63, 3.8) is 0 Å². The molecule has 2 rings (SSSR count). The largest absolute Gasteiger partial charge is 0.502 e. The average Bonchev–Trinajstić information content (AvgIpc) is 3.04. The van der Waals surface area contributed by atoms with Gasteiger partial charge in [-0.2, -0.15) is 0 Å². The van der Waals surface area contributed by atoms with E-state index < -0.39 is 0 Å². The van der Waals surface area contributed by atoms with Crippen molar-refractivity contribution in [1.29, 1.82) is 0 Å². The zero-order valence-electron chi connectivity index (χ0n) is 15.8. The number of thiophene rings is 1. The van der Waals surface area contributed by atoms with Gasteiger partial charge in [-0.15, -0.1) is 35.3 Å². The van der Waals surface area contributed by atoms with Crippen molar-refractivity contribution in [1.82, 2.24) is 10.2 Å². The lowest BCUT2D eigenvalue weighted by atomic mass is 10.2. The molecule has 0 bridgehead atoms. The Labute approximate surface area is 186 Å². The molecule has 0 saturated heterocycles. The summed E-state index contributed by atoms with van der Waals surface area (Å²) in [5.74, 6) is 1.49. The Morgan fingerprint density at radius 2 is 1.89 bits per heavy atom. The number of guanidine groups is 1. The molecule has 0 spiro atoms. The first kappa shape index (κ1) is 23.6. The Kier molecular flexibility index (Phi) is 10.0. The lowest BCUT2D eigenvalue weighted by Crippen LogP contribution is -2.38. The summed E-state index contributed by atoms with van der Waals surface area (Å²) in [6, 6.07) is 7.42. The maximum Gasteiger partial charge on any atom is 0.200 e. The maximum atomic E-state index is 10.0. The molecule has 1 aromatic heterocycles. The molecule has 0 aliphatic carbocycles. The van der Waals surface area contributed by atoms with Gasteiger partial charge < -0.3 is 24.8 Å². The van der Waals surface area contributed by atoms with Gasteiger partial charge in [-0.05, 0) is 36.8 Å². The first-order chi connectivity index (χ1) is 12.5. The first-order valence-electron chi connectivity index (χ1n) is 8.16. The summed E-state index contributed by atoms with van der Waals surface area (Å²) >= 11 is 7.56. The number of hydrogen-bond acceptors (Lipinski definition) is 5. The van der Waals surface area contributed by atoms with E-state index >= 15 is 0 Å². The molecule has 0 aliphatic rings. The molecule has 27 heavy (non-hydrogen) atoms. The van der Waals surface area contributed by atoms with Gasteiger partial charge in [0.25, 0.3) is 0 Å². The number of hydrogen-bond donors (Lipinski definition) is 2. The molecule has 0 unspecified atom stereocenters. The van der Waals surface area contributed by atoms with Gasteiger partial charge in [-0.3, -0.25) is 0 Å². The van der Waals surface area contributed by atoms with Crippen molar-refractivity contribution in [2.24, 2.45) is 4.99 Å². The van der Waals surface area contributed by atoms with E-state index in [0.717, 1.165) is 27.3 Å². The van der Waals surface area contributed by atoms with Crippen LogP contribution in [0.3, 0.4) is 0 Å². The van der Waals surface area contributed by atoms with Crippen LogP contribution in [0.2, 0.25) is 4.34 Å². The standard InChI is InChI=1S/C18H24ClN3O3S.HI/c1-5-20-18(22(2)11-13-6-7-16(19)26-13)21-10-12-8-14(24-3)17(23)15(9-12)25-4;/h6-9,23H,5,10-11H2,1-4H3,(H,20,21);1H. The van der Waals surface area contributed by atoms with E-state index in [1.54, 1.807) is 23.5 Å². The monoisotopic (exact) mass is 525 g/mol. The smallest absolute Gasteiger partial charge is 0.200 e. The quantitative estimate of drug-likeness (QED) is 0.320. The molecule has 0 amide bonds. The van der Waals surface area contributed by atoms with E-state index in [2.05, 4.69) is 10.3 Å². The second-order valence-electron chi connectivity index (χ2n) is 5.58. The van der Waals surface area contributed by atoms with Crippen LogP contribution in [0.15, 0.2) is 29.3 Å². The number of ether oxygens (including phenoxy) is 2. The van der Waals surface area contributed by atoms with Gasteiger partial charge in [-0.1, -0.05) is 11.6 Å². The third kappa shape index (κ3) is 6.62. The molecule has 2 aromatic rings. The number of nitrogens with one attached hydrogen (secondary N) is 1. The normalized spacial score (nSPS) is 10.9. The fourth-order valence-electron chi connectivity index (χ4n) is 2.42.